The van der Waals surface area contributed by atoms with Gasteiger partial charge in [0.15, 0.2) is 6.61 Å². The second-order valence-electron chi connectivity index (χ2n) is 7.97. The van der Waals surface area contributed by atoms with E-state index in [1.54, 1.807) is 48.5 Å². The first kappa shape index (κ1) is 28.5. The van der Waals surface area contributed by atoms with Gasteiger partial charge in [-0.1, -0.05) is 46.1 Å². The predicted molar refractivity (Wildman–Crippen MR) is 149 cm³/mol. The smallest absolute Gasteiger partial charge is 0.306 e. The molecule has 3 rings (SSSR count). The number of rotatable bonds is 11. The molecule has 10 heteroatoms. The average Bonchev–Trinajstić information content (AvgIpc) is 2.86. The Balaban J connectivity index is 1.35. The molecule has 7 nitrogen and oxygen atoms in total. The highest BCUT2D eigenvalue weighted by Gasteiger charge is 2.12. The van der Waals surface area contributed by atoms with Crippen molar-refractivity contribution in [2.75, 3.05) is 17.2 Å². The van der Waals surface area contributed by atoms with Crippen molar-refractivity contribution in [3.63, 3.8) is 0 Å². The van der Waals surface area contributed by atoms with Crippen LogP contribution >= 0.6 is 39.1 Å². The Labute approximate surface area is 233 Å². The van der Waals surface area contributed by atoms with E-state index in [0.717, 1.165) is 16.5 Å². The molecule has 0 saturated heterocycles. The Morgan fingerprint density at radius 2 is 1.65 bits per heavy atom. The summed E-state index contributed by atoms with van der Waals surface area (Å²) in [6.45, 7) is 1.59. The molecule has 3 aromatic rings. The van der Waals surface area contributed by atoms with Gasteiger partial charge >= 0.3 is 5.97 Å². The van der Waals surface area contributed by atoms with Gasteiger partial charge in [0.1, 0.15) is 11.5 Å². The van der Waals surface area contributed by atoms with Crippen LogP contribution in [0.5, 0.6) is 11.5 Å². The number of hydrogen-bond acceptors (Lipinski definition) is 5. The van der Waals surface area contributed by atoms with E-state index in [1.807, 2.05) is 19.1 Å². The molecule has 2 N–H and O–H groups in total. The number of nitrogens with one attached hydrogen (secondary N) is 2. The lowest BCUT2D eigenvalue weighted by molar-refractivity contribution is -0.147. The van der Waals surface area contributed by atoms with E-state index in [9.17, 15) is 14.4 Å². The number of carbonyl (C=O) groups excluding carboxylic acids is 3. The molecule has 0 aliphatic carbocycles. The van der Waals surface area contributed by atoms with E-state index in [2.05, 4.69) is 26.6 Å². The maximum Gasteiger partial charge on any atom is 0.306 e. The van der Waals surface area contributed by atoms with E-state index in [4.69, 9.17) is 32.7 Å². The van der Waals surface area contributed by atoms with Gasteiger partial charge in [0.25, 0.3) is 5.91 Å². The maximum atomic E-state index is 12.2. The molecule has 2 amide bonds. The van der Waals surface area contributed by atoms with Gasteiger partial charge in [0, 0.05) is 33.7 Å². The lowest BCUT2D eigenvalue weighted by Gasteiger charge is -2.11. The van der Waals surface area contributed by atoms with E-state index in [0.29, 0.717) is 32.9 Å². The molecule has 0 unspecified atom stereocenters. The number of hydrogen-bond donors (Lipinski definition) is 2. The van der Waals surface area contributed by atoms with Crippen LogP contribution in [0.3, 0.4) is 0 Å². The van der Waals surface area contributed by atoms with E-state index in [-0.39, 0.29) is 31.8 Å². The SMILES string of the molecule is CCc1cc(Br)ccc1NC(=O)COC(=O)CCCC(=O)Nc1ccc(Oc2ccc(Cl)cc2Cl)cc1. The first-order chi connectivity index (χ1) is 17.7. The molecule has 0 spiro atoms. The van der Waals surface area contributed by atoms with Crippen molar-refractivity contribution in [3.8, 4) is 11.5 Å². The number of benzene rings is 3. The highest BCUT2D eigenvalue weighted by Crippen LogP contribution is 2.32. The number of ether oxygens (including phenoxy) is 2. The lowest BCUT2D eigenvalue weighted by atomic mass is 10.1. The quantitative estimate of drug-likeness (QED) is 0.221. The molecule has 0 heterocycles. The third-order valence-corrected chi connectivity index (χ3v) is 6.15. The van der Waals surface area contributed by atoms with E-state index < -0.39 is 11.9 Å². The van der Waals surface area contributed by atoms with Crippen LogP contribution in [0.25, 0.3) is 0 Å². The molecule has 0 fully saturated rings. The summed E-state index contributed by atoms with van der Waals surface area (Å²) in [6, 6.07) is 17.2. The zero-order valence-corrected chi connectivity index (χ0v) is 23.1. The number of esters is 1. The number of amides is 2. The highest BCUT2D eigenvalue weighted by atomic mass is 79.9. The van der Waals surface area contributed by atoms with Gasteiger partial charge in [0.05, 0.1) is 5.02 Å². The first-order valence-corrected chi connectivity index (χ1v) is 13.0. The number of anilines is 2. The standard InChI is InChI=1S/C27H25BrCl2N2O5/c1-2-17-14-18(28)6-12-23(17)32-26(34)16-36-27(35)5-3-4-25(33)31-20-8-10-21(11-9-20)37-24-13-7-19(29)15-22(24)30/h6-15H,2-5,16H2,1H3,(H,31,33)(H,32,34). The van der Waals surface area contributed by atoms with Gasteiger partial charge in [-0.25, -0.2) is 0 Å². The predicted octanol–water partition coefficient (Wildman–Crippen LogP) is 7.40. The summed E-state index contributed by atoms with van der Waals surface area (Å²) >= 11 is 15.4. The van der Waals surface area contributed by atoms with Crippen molar-refractivity contribution < 1.29 is 23.9 Å². The molecular formula is C27H25BrCl2N2O5. The summed E-state index contributed by atoms with van der Waals surface area (Å²) in [6.07, 6.45) is 1.18. The molecule has 37 heavy (non-hydrogen) atoms. The molecule has 194 valence electrons. The van der Waals surface area contributed by atoms with Crippen LogP contribution in [0, 0.1) is 0 Å². The summed E-state index contributed by atoms with van der Waals surface area (Å²) in [4.78, 5) is 36.3. The third kappa shape index (κ3) is 9.39. The monoisotopic (exact) mass is 606 g/mol. The van der Waals surface area contributed by atoms with E-state index in [1.165, 1.54) is 0 Å². The summed E-state index contributed by atoms with van der Waals surface area (Å²) in [5.41, 5.74) is 2.23. The Bertz CT molecular complexity index is 1270. The fourth-order valence-corrected chi connectivity index (χ4v) is 4.14. The number of carbonyl (C=O) groups is 3. The average molecular weight is 608 g/mol. The zero-order valence-electron chi connectivity index (χ0n) is 20.0. The van der Waals surface area contributed by atoms with Gasteiger partial charge < -0.3 is 20.1 Å². The molecule has 0 aliphatic rings. The largest absolute Gasteiger partial charge is 0.456 e. The van der Waals surface area contributed by atoms with Crippen molar-refractivity contribution in [3.05, 3.63) is 80.7 Å². The third-order valence-electron chi connectivity index (χ3n) is 5.13. The minimum absolute atomic E-state index is 0.0216. The van der Waals surface area contributed by atoms with Gasteiger partial charge in [-0.2, -0.15) is 0 Å². The lowest BCUT2D eigenvalue weighted by Crippen LogP contribution is -2.21. The van der Waals surface area contributed by atoms with Crippen LogP contribution < -0.4 is 15.4 Å². The Morgan fingerprint density at radius 3 is 2.35 bits per heavy atom. The molecule has 0 atom stereocenters. The minimum atomic E-state index is -0.545. The second kappa shape index (κ2) is 14.0. The van der Waals surface area contributed by atoms with Crippen LogP contribution in [0.15, 0.2) is 65.1 Å². The molecule has 0 saturated carbocycles. The summed E-state index contributed by atoms with van der Waals surface area (Å²) in [5.74, 6) is -0.209. The highest BCUT2D eigenvalue weighted by molar-refractivity contribution is 9.10. The van der Waals surface area contributed by atoms with Crippen LogP contribution in [-0.4, -0.2) is 24.4 Å². The maximum absolute atomic E-state index is 12.2. The van der Waals surface area contributed by atoms with Crippen molar-refractivity contribution in [1.82, 2.24) is 0 Å². The molecule has 3 aromatic carbocycles. The van der Waals surface area contributed by atoms with Gasteiger partial charge in [-0.15, -0.1) is 0 Å². The Morgan fingerprint density at radius 1 is 0.892 bits per heavy atom. The summed E-state index contributed by atoms with van der Waals surface area (Å²) < 4.78 is 11.7. The van der Waals surface area contributed by atoms with Crippen LogP contribution in [0.4, 0.5) is 11.4 Å². The van der Waals surface area contributed by atoms with Gasteiger partial charge in [0.2, 0.25) is 5.91 Å². The molecule has 0 aliphatic heterocycles. The van der Waals surface area contributed by atoms with E-state index >= 15 is 0 Å². The Hall–Kier alpha value is -3.07. The first-order valence-electron chi connectivity index (χ1n) is 11.5. The summed E-state index contributed by atoms with van der Waals surface area (Å²) in [7, 11) is 0. The fourth-order valence-electron chi connectivity index (χ4n) is 3.29. The van der Waals surface area contributed by atoms with Gasteiger partial charge in [-0.3, -0.25) is 14.4 Å². The molecular weight excluding hydrogens is 583 g/mol. The summed E-state index contributed by atoms with van der Waals surface area (Å²) in [5, 5.41) is 6.41. The van der Waals surface area contributed by atoms with Gasteiger partial charge in [-0.05, 0) is 79.1 Å². The molecule has 0 radical (unpaired) electrons. The topological polar surface area (TPSA) is 93.7 Å². The molecule has 0 aromatic heterocycles. The van der Waals surface area contributed by atoms with Crippen molar-refractivity contribution >= 4 is 68.3 Å². The van der Waals surface area contributed by atoms with Crippen molar-refractivity contribution in [2.24, 2.45) is 0 Å². The van der Waals surface area contributed by atoms with Crippen molar-refractivity contribution in [1.29, 1.82) is 0 Å². The Kier molecular flexibility index (Phi) is 10.8. The normalized spacial score (nSPS) is 10.5. The second-order valence-corrected chi connectivity index (χ2v) is 9.73. The van der Waals surface area contributed by atoms with Crippen LogP contribution in [-0.2, 0) is 25.5 Å². The number of halogens is 3. The van der Waals surface area contributed by atoms with Crippen LogP contribution in [0.1, 0.15) is 31.7 Å². The van der Waals surface area contributed by atoms with Crippen molar-refractivity contribution in [2.45, 2.75) is 32.6 Å². The minimum Gasteiger partial charge on any atom is -0.456 e. The fraction of sp³-hybridized carbons (Fsp3) is 0.222. The molecule has 0 bridgehead atoms. The number of aryl methyl sites for hydroxylation is 1. The van der Waals surface area contributed by atoms with Crippen LogP contribution in [0.2, 0.25) is 10.0 Å². The zero-order chi connectivity index (χ0) is 26.8.